The third kappa shape index (κ3) is 2.22. The van der Waals surface area contributed by atoms with Gasteiger partial charge in [0, 0.05) is 0 Å². The zero-order valence-electron chi connectivity index (χ0n) is 7.54. The summed E-state index contributed by atoms with van der Waals surface area (Å²) in [5.41, 5.74) is 2.83. The van der Waals surface area contributed by atoms with Gasteiger partial charge in [0.05, 0.1) is 0 Å². The van der Waals surface area contributed by atoms with Gasteiger partial charge >= 0.3 is 5.97 Å². The molecule has 70 valence electrons. The molecule has 0 amide bonds. The number of aliphatic carboxylic acids is 1. The van der Waals surface area contributed by atoms with Crippen molar-refractivity contribution in [1.82, 2.24) is 0 Å². The Labute approximate surface area is 82.2 Å². The second kappa shape index (κ2) is 3.79. The second-order valence-electron chi connectivity index (χ2n) is 3.04. The maximum absolute atomic E-state index is 10.6. The number of benzene rings is 1. The highest BCUT2D eigenvalue weighted by Gasteiger charge is 2.15. The fourth-order valence-corrected chi connectivity index (χ4v) is 1.20. The van der Waals surface area contributed by atoms with E-state index in [0.29, 0.717) is 5.56 Å². The van der Waals surface area contributed by atoms with Crippen LogP contribution < -0.4 is 0 Å². The van der Waals surface area contributed by atoms with Crippen LogP contribution in [0.1, 0.15) is 22.1 Å². The van der Waals surface area contributed by atoms with Crippen LogP contribution in [0.15, 0.2) is 18.2 Å². The summed E-state index contributed by atoms with van der Waals surface area (Å²) in [5, 5.41) is 7.72. The van der Waals surface area contributed by atoms with E-state index in [4.69, 9.17) is 16.7 Å². The van der Waals surface area contributed by atoms with Crippen LogP contribution in [0.2, 0.25) is 0 Å². The molecule has 1 atom stereocenters. The first-order chi connectivity index (χ1) is 6.02. The van der Waals surface area contributed by atoms with Crippen molar-refractivity contribution in [3.63, 3.8) is 0 Å². The molecular weight excluding hydrogens is 188 g/mol. The number of halogens is 1. The Kier molecular flexibility index (Phi) is 2.94. The van der Waals surface area contributed by atoms with E-state index in [1.807, 2.05) is 19.9 Å². The molecule has 1 unspecified atom stereocenters. The highest BCUT2D eigenvalue weighted by Crippen LogP contribution is 2.22. The lowest BCUT2D eigenvalue weighted by atomic mass is 10.0. The van der Waals surface area contributed by atoms with E-state index in [-0.39, 0.29) is 0 Å². The first-order valence-corrected chi connectivity index (χ1v) is 4.40. The number of hydrogen-bond acceptors (Lipinski definition) is 1. The molecule has 1 aromatic rings. The van der Waals surface area contributed by atoms with E-state index in [9.17, 15) is 4.79 Å². The molecule has 2 nitrogen and oxygen atoms in total. The maximum Gasteiger partial charge on any atom is 0.326 e. The fraction of sp³-hybridized carbons (Fsp3) is 0.300. The van der Waals surface area contributed by atoms with Gasteiger partial charge in [-0.3, -0.25) is 4.79 Å². The molecule has 0 fully saturated rings. The van der Waals surface area contributed by atoms with E-state index < -0.39 is 11.3 Å². The number of rotatable bonds is 2. The zero-order chi connectivity index (χ0) is 10.0. The van der Waals surface area contributed by atoms with E-state index in [1.54, 1.807) is 12.1 Å². The van der Waals surface area contributed by atoms with Gasteiger partial charge in [0.25, 0.3) is 0 Å². The van der Waals surface area contributed by atoms with Gasteiger partial charge in [-0.25, -0.2) is 0 Å². The fourth-order valence-electron chi connectivity index (χ4n) is 1.06. The maximum atomic E-state index is 10.6. The Morgan fingerprint density at radius 3 is 2.46 bits per heavy atom. The molecule has 0 heterocycles. The van der Waals surface area contributed by atoms with Crippen molar-refractivity contribution in [2.45, 2.75) is 19.2 Å². The van der Waals surface area contributed by atoms with Crippen molar-refractivity contribution in [2.24, 2.45) is 0 Å². The molecule has 0 saturated heterocycles. The molecule has 0 aromatic heterocycles. The van der Waals surface area contributed by atoms with Gasteiger partial charge in [0.2, 0.25) is 0 Å². The topological polar surface area (TPSA) is 37.3 Å². The first-order valence-electron chi connectivity index (χ1n) is 3.96. The Bertz CT molecular complexity index is 334. The lowest BCUT2D eigenvalue weighted by molar-refractivity contribution is -0.136. The normalized spacial score (nSPS) is 12.5. The van der Waals surface area contributed by atoms with Crippen LogP contribution in [-0.4, -0.2) is 11.1 Å². The summed E-state index contributed by atoms with van der Waals surface area (Å²) in [5.74, 6) is -1.01. The number of carbonyl (C=O) groups is 1. The van der Waals surface area contributed by atoms with E-state index in [1.165, 1.54) is 0 Å². The van der Waals surface area contributed by atoms with Gasteiger partial charge in [-0.15, -0.1) is 11.6 Å². The molecule has 0 radical (unpaired) electrons. The van der Waals surface area contributed by atoms with Crippen molar-refractivity contribution in [3.05, 3.63) is 34.9 Å². The van der Waals surface area contributed by atoms with Crippen LogP contribution in [-0.2, 0) is 4.79 Å². The monoisotopic (exact) mass is 198 g/mol. The summed E-state index contributed by atoms with van der Waals surface area (Å²) in [6, 6.07) is 5.43. The minimum absolute atomic E-state index is 0.636. The van der Waals surface area contributed by atoms with Crippen molar-refractivity contribution in [1.29, 1.82) is 0 Å². The quantitative estimate of drug-likeness (QED) is 0.742. The van der Waals surface area contributed by atoms with Gasteiger partial charge < -0.3 is 5.11 Å². The summed E-state index contributed by atoms with van der Waals surface area (Å²) in [7, 11) is 0. The summed E-state index contributed by atoms with van der Waals surface area (Å²) in [6.07, 6.45) is 0. The smallest absolute Gasteiger partial charge is 0.326 e. The minimum atomic E-state index is -1.01. The van der Waals surface area contributed by atoms with Gasteiger partial charge in [-0.1, -0.05) is 18.2 Å². The molecule has 0 bridgehead atoms. The zero-order valence-corrected chi connectivity index (χ0v) is 8.30. The first kappa shape index (κ1) is 10.1. The molecule has 0 aliphatic rings. The number of alkyl halides is 1. The molecule has 0 aliphatic heterocycles. The van der Waals surface area contributed by atoms with Crippen molar-refractivity contribution in [3.8, 4) is 0 Å². The summed E-state index contributed by atoms with van der Waals surface area (Å²) >= 11 is 5.67. The van der Waals surface area contributed by atoms with Crippen LogP contribution in [0.3, 0.4) is 0 Å². The van der Waals surface area contributed by atoms with E-state index in [0.717, 1.165) is 11.1 Å². The van der Waals surface area contributed by atoms with Crippen LogP contribution in [0.25, 0.3) is 0 Å². The summed E-state index contributed by atoms with van der Waals surface area (Å²) < 4.78 is 0. The van der Waals surface area contributed by atoms with Gasteiger partial charge in [0.1, 0.15) is 0 Å². The van der Waals surface area contributed by atoms with Crippen LogP contribution in [0.4, 0.5) is 0 Å². The van der Waals surface area contributed by atoms with Gasteiger partial charge in [0.15, 0.2) is 5.38 Å². The lowest BCUT2D eigenvalue weighted by Crippen LogP contribution is -2.05. The largest absolute Gasteiger partial charge is 0.480 e. The Hall–Kier alpha value is -1.02. The van der Waals surface area contributed by atoms with Gasteiger partial charge in [-0.2, -0.15) is 0 Å². The molecular formula is C10H11ClO2. The summed E-state index contributed by atoms with van der Waals surface area (Å²) in [4.78, 5) is 10.6. The number of carboxylic acid groups (broad SMARTS) is 1. The average Bonchev–Trinajstić information content (AvgIpc) is 2.08. The Balaban J connectivity index is 3.03. The standard InChI is InChI=1S/C10H11ClO2/c1-6-3-4-8(5-7(6)2)9(11)10(12)13/h3-5,9H,1-2H3,(H,12,13). The molecule has 3 heteroatoms. The second-order valence-corrected chi connectivity index (χ2v) is 3.48. The molecule has 13 heavy (non-hydrogen) atoms. The van der Waals surface area contributed by atoms with E-state index >= 15 is 0 Å². The van der Waals surface area contributed by atoms with Crippen LogP contribution in [0, 0.1) is 13.8 Å². The van der Waals surface area contributed by atoms with Crippen LogP contribution in [0.5, 0.6) is 0 Å². The Morgan fingerprint density at radius 1 is 1.38 bits per heavy atom. The summed E-state index contributed by atoms with van der Waals surface area (Å²) in [6.45, 7) is 3.91. The Morgan fingerprint density at radius 2 is 2.00 bits per heavy atom. The minimum Gasteiger partial charge on any atom is -0.480 e. The third-order valence-electron chi connectivity index (χ3n) is 2.04. The lowest BCUT2D eigenvalue weighted by Gasteiger charge is -2.07. The molecule has 1 rings (SSSR count). The SMILES string of the molecule is Cc1ccc(C(Cl)C(=O)O)cc1C. The predicted molar refractivity (Wildman–Crippen MR) is 52.1 cm³/mol. The van der Waals surface area contributed by atoms with Gasteiger partial charge in [-0.05, 0) is 30.5 Å². The highest BCUT2D eigenvalue weighted by atomic mass is 35.5. The van der Waals surface area contributed by atoms with Crippen molar-refractivity contribution < 1.29 is 9.90 Å². The number of aryl methyl sites for hydroxylation is 2. The van der Waals surface area contributed by atoms with E-state index in [2.05, 4.69) is 0 Å². The molecule has 1 N–H and O–H groups in total. The molecule has 0 aliphatic carbocycles. The van der Waals surface area contributed by atoms with Crippen molar-refractivity contribution >= 4 is 17.6 Å². The highest BCUT2D eigenvalue weighted by molar-refractivity contribution is 6.29. The predicted octanol–water partition coefficient (Wildman–Crippen LogP) is 2.67. The molecule has 0 spiro atoms. The number of carboxylic acids is 1. The number of hydrogen-bond donors (Lipinski definition) is 1. The average molecular weight is 199 g/mol. The third-order valence-corrected chi connectivity index (χ3v) is 2.48. The van der Waals surface area contributed by atoms with Crippen LogP contribution >= 0.6 is 11.6 Å². The van der Waals surface area contributed by atoms with Crippen molar-refractivity contribution in [2.75, 3.05) is 0 Å². The molecule has 1 aromatic carbocycles. The molecule has 0 saturated carbocycles.